The molecule has 2 aromatic rings. The van der Waals surface area contributed by atoms with E-state index in [9.17, 15) is 55.2 Å². The number of amides is 4. The summed E-state index contributed by atoms with van der Waals surface area (Å²) in [6.07, 6.45) is 0.0629. The quantitative estimate of drug-likeness (QED) is 0.0861. The Morgan fingerprint density at radius 2 is 0.754 bits per heavy atom. The molecule has 0 saturated carbocycles. The number of imide groups is 2. The van der Waals surface area contributed by atoms with Crippen LogP contribution in [0.4, 0.5) is 0 Å². The number of hydrogen-bond donors (Lipinski definition) is 0. The summed E-state index contributed by atoms with van der Waals surface area (Å²) in [7, 11) is -9.23. The molecule has 0 fully saturated rings. The van der Waals surface area contributed by atoms with Gasteiger partial charge in [0, 0.05) is 12.8 Å². The first kappa shape index (κ1) is 44.1. The maximum atomic E-state index is 12.3. The van der Waals surface area contributed by atoms with Crippen molar-refractivity contribution in [3.63, 3.8) is 0 Å². The summed E-state index contributed by atoms with van der Waals surface area (Å²) in [4.78, 5) is 97.5. The Morgan fingerprint density at radius 1 is 0.491 bits per heavy atom. The van der Waals surface area contributed by atoms with Gasteiger partial charge in [-0.15, -0.1) is 18.7 Å². The van der Waals surface area contributed by atoms with Gasteiger partial charge in [-0.05, 0) is 52.0 Å². The van der Waals surface area contributed by atoms with E-state index in [2.05, 4.69) is 18.0 Å². The number of carbonyl (C=O) groups excluding carboxylic acids is 8. The SMILES string of the molecule is CC(C)(CCOC(=O)C(=O)OCCS(=O)(=O)ON1C(=O)c2ccccc2C1=O)OC(C)(C)CCOC(=O)C(=O)OCCS(=O)(=O)ON1C(=O)c2ccccc2C1=O. The van der Waals surface area contributed by atoms with Crippen molar-refractivity contribution in [1.29, 1.82) is 0 Å². The Kier molecular flexibility index (Phi) is 13.7. The van der Waals surface area contributed by atoms with Gasteiger partial charge >= 0.3 is 23.9 Å². The molecule has 0 atom stereocenters. The minimum atomic E-state index is -4.62. The van der Waals surface area contributed by atoms with E-state index >= 15 is 0 Å². The first-order valence-electron chi connectivity index (χ1n) is 16.7. The van der Waals surface area contributed by atoms with Gasteiger partial charge in [-0.25, -0.2) is 19.2 Å². The minimum Gasteiger partial charge on any atom is -0.457 e. The number of fused-ring (bicyclic) bond motifs is 2. The van der Waals surface area contributed by atoms with Gasteiger partial charge in [-0.1, -0.05) is 24.3 Å². The molecule has 0 bridgehead atoms. The van der Waals surface area contributed by atoms with Crippen LogP contribution in [0.2, 0.25) is 0 Å². The smallest absolute Gasteiger partial charge is 0.417 e. The van der Waals surface area contributed by atoms with Crippen molar-refractivity contribution in [2.75, 3.05) is 37.9 Å². The molecule has 0 saturated heterocycles. The first-order chi connectivity index (χ1) is 26.5. The van der Waals surface area contributed by atoms with Gasteiger partial charge < -0.3 is 23.7 Å². The lowest BCUT2D eigenvalue weighted by atomic mass is 10.0. The zero-order valence-electron chi connectivity index (χ0n) is 30.7. The van der Waals surface area contributed by atoms with Crippen molar-refractivity contribution in [2.24, 2.45) is 0 Å². The number of nitrogens with zero attached hydrogens (tertiary/aromatic N) is 2. The second-order valence-corrected chi connectivity index (χ2v) is 16.6. The topological polar surface area (TPSA) is 276 Å². The molecule has 2 aliphatic rings. The highest BCUT2D eigenvalue weighted by Crippen LogP contribution is 2.27. The molecule has 0 aliphatic carbocycles. The van der Waals surface area contributed by atoms with Gasteiger partial charge in [0.2, 0.25) is 0 Å². The molecule has 2 aliphatic heterocycles. The van der Waals surface area contributed by atoms with Crippen molar-refractivity contribution in [1.82, 2.24) is 10.1 Å². The van der Waals surface area contributed by atoms with Crippen LogP contribution in [-0.4, -0.2) is 124 Å². The van der Waals surface area contributed by atoms with Gasteiger partial charge in [0.1, 0.15) is 24.7 Å². The molecule has 0 aromatic heterocycles. The van der Waals surface area contributed by atoms with Gasteiger partial charge in [0.05, 0.1) is 46.7 Å². The zero-order valence-corrected chi connectivity index (χ0v) is 32.4. The number of esters is 4. The average molecular weight is 841 g/mol. The highest BCUT2D eigenvalue weighted by atomic mass is 32.2. The average Bonchev–Trinajstić information content (AvgIpc) is 3.50. The lowest BCUT2D eigenvalue weighted by molar-refractivity contribution is -0.173. The molecule has 23 heteroatoms. The normalized spacial score (nSPS) is 14.3. The van der Waals surface area contributed by atoms with E-state index in [-0.39, 0.29) is 58.4 Å². The second kappa shape index (κ2) is 17.7. The van der Waals surface area contributed by atoms with Gasteiger partial charge in [-0.3, -0.25) is 19.2 Å². The summed E-state index contributed by atoms with van der Waals surface area (Å²) in [5.74, 6) is -12.0. The summed E-state index contributed by atoms with van der Waals surface area (Å²) >= 11 is 0. The third kappa shape index (κ3) is 11.7. The van der Waals surface area contributed by atoms with E-state index in [1.54, 1.807) is 27.7 Å². The lowest BCUT2D eigenvalue weighted by Gasteiger charge is -2.36. The summed E-state index contributed by atoms with van der Waals surface area (Å²) in [5.41, 5.74) is -2.25. The Morgan fingerprint density at radius 3 is 1.04 bits per heavy atom. The largest absolute Gasteiger partial charge is 0.457 e. The highest BCUT2D eigenvalue weighted by Gasteiger charge is 2.41. The van der Waals surface area contributed by atoms with Crippen LogP contribution in [0.25, 0.3) is 0 Å². The maximum Gasteiger partial charge on any atom is 0.417 e. The molecule has 2 aromatic carbocycles. The minimum absolute atomic E-state index is 0.0314. The van der Waals surface area contributed by atoms with Crippen LogP contribution in [0.3, 0.4) is 0 Å². The summed E-state index contributed by atoms with van der Waals surface area (Å²) < 4.78 is 83.3. The Labute approximate surface area is 325 Å². The molecule has 4 rings (SSSR count). The predicted molar refractivity (Wildman–Crippen MR) is 186 cm³/mol. The standard InChI is InChI=1S/C34H36N2O19S2/c1-33(2,13-15-49-29(41)31(43)51-17-19-56(45,46)54-35-25(37)21-9-5-6-10-22(21)26(35)38)53-34(3,4)14-16-50-30(42)32(44)52-18-20-57(47,48)55-36-27(39)23-11-7-8-12-24(23)28(36)40/h5-12H,13-20H2,1-4H3. The fourth-order valence-corrected chi connectivity index (χ4v) is 6.56. The van der Waals surface area contributed by atoms with E-state index < -0.39 is 104 Å². The van der Waals surface area contributed by atoms with Gasteiger partial charge in [0.15, 0.2) is 0 Å². The highest BCUT2D eigenvalue weighted by molar-refractivity contribution is 7.86. The van der Waals surface area contributed by atoms with Crippen LogP contribution < -0.4 is 0 Å². The monoisotopic (exact) mass is 840 g/mol. The number of ether oxygens (including phenoxy) is 5. The number of hydroxylamine groups is 4. The molecular formula is C34H36N2O19S2. The fraction of sp³-hybridized carbons (Fsp3) is 0.412. The number of hydrogen-bond acceptors (Lipinski definition) is 19. The van der Waals surface area contributed by atoms with Crippen molar-refractivity contribution in [3.8, 4) is 0 Å². The molecule has 21 nitrogen and oxygen atoms in total. The van der Waals surface area contributed by atoms with Crippen molar-refractivity contribution >= 4 is 67.7 Å². The van der Waals surface area contributed by atoms with Crippen LogP contribution in [0.5, 0.6) is 0 Å². The molecule has 0 N–H and O–H groups in total. The molecule has 0 spiro atoms. The van der Waals surface area contributed by atoms with E-state index in [1.807, 2.05) is 0 Å². The fourth-order valence-electron chi connectivity index (χ4n) is 5.11. The summed E-state index contributed by atoms with van der Waals surface area (Å²) in [6, 6.07) is 11.1. The van der Waals surface area contributed by atoms with E-state index in [0.29, 0.717) is 0 Å². The molecule has 4 amide bonds. The van der Waals surface area contributed by atoms with Crippen LogP contribution in [0, 0.1) is 0 Å². The van der Waals surface area contributed by atoms with E-state index in [0.717, 1.165) is 0 Å². The zero-order chi connectivity index (χ0) is 42.3. The molecule has 57 heavy (non-hydrogen) atoms. The molecule has 308 valence electrons. The van der Waals surface area contributed by atoms with Crippen LogP contribution in [0.1, 0.15) is 82.0 Å². The van der Waals surface area contributed by atoms with Crippen LogP contribution in [-0.2, 0) is 71.7 Å². The van der Waals surface area contributed by atoms with E-state index in [1.165, 1.54) is 48.5 Å². The van der Waals surface area contributed by atoms with Gasteiger partial charge in [0.25, 0.3) is 43.9 Å². The maximum absolute atomic E-state index is 12.3. The number of rotatable bonds is 18. The first-order valence-corrected chi connectivity index (χ1v) is 19.9. The Bertz CT molecular complexity index is 1970. The molecule has 2 heterocycles. The van der Waals surface area contributed by atoms with Crippen molar-refractivity contribution in [3.05, 3.63) is 70.8 Å². The molecular weight excluding hydrogens is 805 g/mol. The van der Waals surface area contributed by atoms with E-state index in [4.69, 9.17) is 14.2 Å². The third-order valence-electron chi connectivity index (χ3n) is 7.78. The van der Waals surface area contributed by atoms with Crippen molar-refractivity contribution < 1.29 is 87.4 Å². The van der Waals surface area contributed by atoms with Crippen LogP contribution >= 0.6 is 0 Å². The number of benzene rings is 2. The predicted octanol–water partition coefficient (Wildman–Crippen LogP) is 0.628. The lowest BCUT2D eigenvalue weighted by Crippen LogP contribution is -2.39. The summed E-state index contributed by atoms with van der Waals surface area (Å²) in [5, 5.41) is 0.132. The molecule has 0 radical (unpaired) electrons. The molecule has 0 unspecified atom stereocenters. The third-order valence-corrected chi connectivity index (χ3v) is 9.87. The Balaban J connectivity index is 1.09. The number of carbonyl (C=O) groups is 8. The summed E-state index contributed by atoms with van der Waals surface area (Å²) in [6.45, 7) is 4.04. The van der Waals surface area contributed by atoms with Gasteiger partial charge in [-0.2, -0.15) is 16.8 Å². The Hall–Kier alpha value is -5.62. The second-order valence-electron chi connectivity index (χ2n) is 13.2. The van der Waals surface area contributed by atoms with Crippen molar-refractivity contribution in [2.45, 2.75) is 51.7 Å². The van der Waals surface area contributed by atoms with Crippen LogP contribution in [0.15, 0.2) is 48.5 Å².